The molecule has 0 heterocycles. The van der Waals surface area contributed by atoms with Crippen molar-refractivity contribution in [2.24, 2.45) is 11.0 Å². The lowest BCUT2D eigenvalue weighted by Crippen LogP contribution is -2.45. The third kappa shape index (κ3) is 8.28. The van der Waals surface area contributed by atoms with E-state index in [1.165, 1.54) is 0 Å². The maximum atomic E-state index is 12.4. The fraction of sp³-hybridized carbons (Fsp3) is 0.556. The van der Waals surface area contributed by atoms with Crippen molar-refractivity contribution in [1.82, 2.24) is 5.32 Å². The average Bonchev–Trinajstić information content (AvgIpc) is 2.46. The zero-order chi connectivity index (χ0) is 19.0. The number of benzene rings is 1. The third-order valence-electron chi connectivity index (χ3n) is 3.09. The summed E-state index contributed by atoms with van der Waals surface area (Å²) >= 11 is 0. The summed E-state index contributed by atoms with van der Waals surface area (Å²) in [5.74, 6) is 0.0180. The molecule has 138 valence electrons. The van der Waals surface area contributed by atoms with Gasteiger partial charge in [0.1, 0.15) is 17.4 Å². The number of alkyl carbamates (subject to hydrolysis) is 1. The Balaban J connectivity index is 2.75. The summed E-state index contributed by atoms with van der Waals surface area (Å²) in [6.07, 6.45) is -0.212. The fourth-order valence-corrected chi connectivity index (χ4v) is 2.08. The number of rotatable bonds is 7. The van der Waals surface area contributed by atoms with Crippen LogP contribution in [0.2, 0.25) is 0 Å². The maximum Gasteiger partial charge on any atom is 0.408 e. The van der Waals surface area contributed by atoms with Crippen LogP contribution in [0.1, 0.15) is 46.6 Å². The van der Waals surface area contributed by atoms with Gasteiger partial charge in [-0.25, -0.2) is 15.1 Å². The van der Waals surface area contributed by atoms with Gasteiger partial charge >= 0.3 is 12.1 Å². The second kappa shape index (κ2) is 9.15. The molecule has 1 aromatic carbocycles. The Morgan fingerprint density at radius 2 is 1.80 bits per heavy atom. The number of nitrogens with zero attached hydrogens (tertiary/aromatic N) is 1. The van der Waals surface area contributed by atoms with Crippen molar-refractivity contribution >= 4 is 12.1 Å². The predicted octanol–water partition coefficient (Wildman–Crippen LogP) is 4.06. The van der Waals surface area contributed by atoms with Gasteiger partial charge in [-0.1, -0.05) is 26.0 Å². The number of carbonyl (C=O) groups excluding carboxylic acids is 2. The summed E-state index contributed by atoms with van der Waals surface area (Å²) in [5.41, 5.74) is 7.05. The van der Waals surface area contributed by atoms with Crippen molar-refractivity contribution < 1.29 is 19.1 Å². The molecule has 0 saturated carbocycles. The van der Waals surface area contributed by atoms with Gasteiger partial charge in [-0.2, -0.15) is 5.11 Å². The van der Waals surface area contributed by atoms with Crippen LogP contribution < -0.4 is 10.1 Å². The van der Waals surface area contributed by atoms with E-state index in [1.807, 2.05) is 13.8 Å². The molecule has 0 bridgehead atoms. The highest BCUT2D eigenvalue weighted by molar-refractivity contribution is 5.83. The Labute approximate surface area is 148 Å². The van der Waals surface area contributed by atoms with Gasteiger partial charge in [0, 0.05) is 0 Å². The molecular formula is C18H27N3O4. The molecule has 1 aromatic rings. The van der Waals surface area contributed by atoms with Crippen molar-refractivity contribution in [3.05, 3.63) is 29.8 Å². The molecule has 0 aliphatic heterocycles. The van der Waals surface area contributed by atoms with E-state index in [9.17, 15) is 9.59 Å². The molecule has 0 aromatic heterocycles. The molecule has 0 aliphatic rings. The van der Waals surface area contributed by atoms with Crippen LogP contribution in [-0.4, -0.2) is 23.7 Å². The van der Waals surface area contributed by atoms with E-state index < -0.39 is 23.7 Å². The number of carbonyl (C=O) groups is 2. The fourth-order valence-electron chi connectivity index (χ4n) is 2.08. The Hall–Kier alpha value is -2.44. The molecule has 7 nitrogen and oxygen atoms in total. The molecule has 7 heteroatoms. The van der Waals surface area contributed by atoms with E-state index >= 15 is 0 Å². The minimum Gasteiger partial charge on any atom is -0.444 e. The van der Waals surface area contributed by atoms with E-state index in [4.69, 9.17) is 15.0 Å². The molecule has 0 radical (unpaired) electrons. The van der Waals surface area contributed by atoms with Crippen LogP contribution >= 0.6 is 0 Å². The number of nitrogens with one attached hydrogen (secondary N) is 2. The van der Waals surface area contributed by atoms with Gasteiger partial charge in [-0.3, -0.25) is 0 Å². The lowest BCUT2D eigenvalue weighted by Gasteiger charge is -2.23. The lowest BCUT2D eigenvalue weighted by atomic mass is 10.0. The summed E-state index contributed by atoms with van der Waals surface area (Å²) in [5, 5.41) is 5.88. The minimum atomic E-state index is -0.794. The summed E-state index contributed by atoms with van der Waals surface area (Å²) in [6, 6.07) is 5.95. The lowest BCUT2D eigenvalue weighted by molar-refractivity contribution is -0.137. The van der Waals surface area contributed by atoms with E-state index in [1.54, 1.807) is 45.0 Å². The first-order valence-corrected chi connectivity index (χ1v) is 8.24. The molecule has 2 N–H and O–H groups in total. The SMILES string of the molecule is CC(C)C[C@@H](NC(=O)OC(C)(C)C)C(=O)Oc1ccc(CN=N)cc1. The van der Waals surface area contributed by atoms with Gasteiger partial charge in [0.05, 0.1) is 6.54 Å². The summed E-state index contributed by atoms with van der Waals surface area (Å²) in [7, 11) is 0. The van der Waals surface area contributed by atoms with Gasteiger partial charge < -0.3 is 14.8 Å². The second-order valence-corrected chi connectivity index (χ2v) is 7.21. The topological polar surface area (TPSA) is 101 Å². The Bertz CT molecular complexity index is 591. The van der Waals surface area contributed by atoms with Crippen molar-refractivity contribution in [2.45, 2.75) is 59.2 Å². The van der Waals surface area contributed by atoms with Crippen LogP contribution in [0.25, 0.3) is 0 Å². The molecule has 0 saturated heterocycles. The maximum absolute atomic E-state index is 12.4. The predicted molar refractivity (Wildman–Crippen MR) is 93.5 cm³/mol. The molecular weight excluding hydrogens is 322 g/mol. The van der Waals surface area contributed by atoms with Crippen molar-refractivity contribution in [3.63, 3.8) is 0 Å². The van der Waals surface area contributed by atoms with Crippen LogP contribution in [0, 0.1) is 11.4 Å². The third-order valence-corrected chi connectivity index (χ3v) is 3.09. The Morgan fingerprint density at radius 3 is 2.28 bits per heavy atom. The largest absolute Gasteiger partial charge is 0.444 e. The molecule has 1 amide bonds. The van der Waals surface area contributed by atoms with Crippen molar-refractivity contribution in [2.75, 3.05) is 0 Å². The highest BCUT2D eigenvalue weighted by Gasteiger charge is 2.26. The average molecular weight is 349 g/mol. The normalized spacial score (nSPS) is 12.4. The van der Waals surface area contributed by atoms with Crippen molar-refractivity contribution in [1.29, 1.82) is 5.53 Å². The molecule has 0 spiro atoms. The minimum absolute atomic E-state index is 0.188. The first kappa shape index (κ1) is 20.6. The monoisotopic (exact) mass is 349 g/mol. The summed E-state index contributed by atoms with van der Waals surface area (Å²) in [6.45, 7) is 9.46. The number of ether oxygens (including phenoxy) is 2. The second-order valence-electron chi connectivity index (χ2n) is 7.21. The van der Waals surface area contributed by atoms with Crippen LogP contribution in [0.4, 0.5) is 4.79 Å². The van der Waals surface area contributed by atoms with Crippen molar-refractivity contribution in [3.8, 4) is 5.75 Å². The number of hydrogen-bond donors (Lipinski definition) is 2. The molecule has 25 heavy (non-hydrogen) atoms. The number of amides is 1. The zero-order valence-electron chi connectivity index (χ0n) is 15.5. The smallest absolute Gasteiger partial charge is 0.408 e. The molecule has 0 fully saturated rings. The summed E-state index contributed by atoms with van der Waals surface area (Å²) in [4.78, 5) is 24.4. The molecule has 1 rings (SSSR count). The van der Waals surface area contributed by atoms with E-state index in [0.29, 0.717) is 12.2 Å². The van der Waals surface area contributed by atoms with Gasteiger partial charge in [0.2, 0.25) is 0 Å². The quantitative estimate of drug-likeness (QED) is 0.440. The van der Waals surface area contributed by atoms with E-state index in [-0.39, 0.29) is 12.5 Å². The van der Waals surface area contributed by atoms with Crippen LogP contribution in [0.3, 0.4) is 0 Å². The highest BCUT2D eigenvalue weighted by atomic mass is 16.6. The zero-order valence-corrected chi connectivity index (χ0v) is 15.5. The van der Waals surface area contributed by atoms with Crippen LogP contribution in [-0.2, 0) is 16.1 Å². The first-order valence-electron chi connectivity index (χ1n) is 8.24. The van der Waals surface area contributed by atoms with Crippen LogP contribution in [0.5, 0.6) is 5.75 Å². The van der Waals surface area contributed by atoms with Gasteiger partial charge in [-0.05, 0) is 50.8 Å². The first-order chi connectivity index (χ1) is 11.6. The standard InChI is InChI=1S/C18H27N3O4/c1-12(2)10-15(21-17(23)25-18(3,4)5)16(22)24-14-8-6-13(7-9-14)11-20-19/h6-9,12,15,19H,10-11H2,1-5H3,(H,21,23)/t15-/m1/s1. The summed E-state index contributed by atoms with van der Waals surface area (Å²) < 4.78 is 10.6. The Morgan fingerprint density at radius 1 is 1.20 bits per heavy atom. The number of hydrogen-bond acceptors (Lipinski definition) is 6. The van der Waals surface area contributed by atoms with Gasteiger partial charge in [-0.15, -0.1) is 0 Å². The van der Waals surface area contributed by atoms with Gasteiger partial charge in [0.25, 0.3) is 0 Å². The van der Waals surface area contributed by atoms with E-state index in [2.05, 4.69) is 10.4 Å². The highest BCUT2D eigenvalue weighted by Crippen LogP contribution is 2.16. The number of esters is 1. The van der Waals surface area contributed by atoms with Crippen LogP contribution in [0.15, 0.2) is 29.4 Å². The molecule has 0 unspecified atom stereocenters. The Kier molecular flexibility index (Phi) is 7.54. The van der Waals surface area contributed by atoms with Gasteiger partial charge in [0.15, 0.2) is 0 Å². The van der Waals surface area contributed by atoms with E-state index in [0.717, 1.165) is 5.56 Å². The molecule has 1 atom stereocenters. The molecule has 0 aliphatic carbocycles.